The van der Waals surface area contributed by atoms with Gasteiger partial charge in [0.05, 0.1) is 6.61 Å². The van der Waals surface area contributed by atoms with Crippen LogP contribution in [0.2, 0.25) is 0 Å². The Hall–Kier alpha value is -0.220. The summed E-state index contributed by atoms with van der Waals surface area (Å²) in [4.78, 5) is 12.0. The lowest BCUT2D eigenvalue weighted by molar-refractivity contribution is -0.150. The van der Waals surface area contributed by atoms with Crippen LogP contribution in [0, 0.1) is 0 Å². The molecule has 4 heteroatoms. The van der Waals surface area contributed by atoms with Crippen molar-refractivity contribution in [3.63, 3.8) is 0 Å². The highest BCUT2D eigenvalue weighted by atomic mass is 32.2. The number of thioether (sulfide) groups is 1. The Morgan fingerprint density at radius 2 is 2.29 bits per heavy atom. The van der Waals surface area contributed by atoms with Crippen molar-refractivity contribution in [2.24, 2.45) is 0 Å². The quantitative estimate of drug-likeness (QED) is 0.563. The molecule has 0 amide bonds. The number of likely N-dealkylation sites (N-methyl/N-ethyl adjacent to an activating group) is 1. The summed E-state index contributed by atoms with van der Waals surface area (Å²) in [5.74, 6) is 1.14. The molecule has 0 heterocycles. The summed E-state index contributed by atoms with van der Waals surface area (Å²) in [5.41, 5.74) is -0.417. The zero-order chi connectivity index (χ0) is 12.7. The Morgan fingerprint density at radius 3 is 2.88 bits per heavy atom. The molecule has 0 aliphatic heterocycles. The minimum absolute atomic E-state index is 0.0684. The first-order valence-corrected chi connectivity index (χ1v) is 7.71. The van der Waals surface area contributed by atoms with Gasteiger partial charge in [0.1, 0.15) is 5.54 Å². The Kier molecular flexibility index (Phi) is 6.34. The summed E-state index contributed by atoms with van der Waals surface area (Å²) in [5, 5.41) is 3.80. The molecule has 1 rings (SSSR count). The van der Waals surface area contributed by atoms with E-state index >= 15 is 0 Å². The third-order valence-corrected chi connectivity index (χ3v) is 4.86. The van der Waals surface area contributed by atoms with E-state index < -0.39 is 5.54 Å². The number of hydrogen-bond acceptors (Lipinski definition) is 4. The molecule has 0 radical (unpaired) electrons. The normalized spacial score (nSPS) is 28.3. The average Bonchev–Trinajstić information content (AvgIpc) is 2.75. The number of carbonyl (C=O) groups is 1. The van der Waals surface area contributed by atoms with Crippen LogP contribution in [0.15, 0.2) is 0 Å². The van der Waals surface area contributed by atoms with Gasteiger partial charge in [-0.05, 0) is 45.4 Å². The van der Waals surface area contributed by atoms with Crippen LogP contribution in [-0.2, 0) is 9.53 Å². The van der Waals surface area contributed by atoms with Gasteiger partial charge in [0.25, 0.3) is 0 Å². The Balaban J connectivity index is 2.46. The van der Waals surface area contributed by atoms with E-state index in [0.29, 0.717) is 11.9 Å². The van der Waals surface area contributed by atoms with Gasteiger partial charge in [-0.15, -0.1) is 0 Å². The van der Waals surface area contributed by atoms with E-state index in [4.69, 9.17) is 4.74 Å². The van der Waals surface area contributed by atoms with Gasteiger partial charge in [-0.3, -0.25) is 4.79 Å². The molecule has 2 unspecified atom stereocenters. The highest BCUT2D eigenvalue weighted by molar-refractivity contribution is 7.99. The molecule has 1 fully saturated rings. The van der Waals surface area contributed by atoms with Crippen molar-refractivity contribution in [1.82, 2.24) is 5.32 Å². The van der Waals surface area contributed by atoms with Crippen LogP contribution >= 0.6 is 11.8 Å². The maximum atomic E-state index is 12.0. The van der Waals surface area contributed by atoms with Crippen LogP contribution in [-0.4, -0.2) is 36.2 Å². The van der Waals surface area contributed by atoms with E-state index in [0.717, 1.165) is 19.3 Å². The topological polar surface area (TPSA) is 38.3 Å². The van der Waals surface area contributed by atoms with Crippen LogP contribution in [0.5, 0.6) is 0 Å². The molecule has 1 aliphatic rings. The summed E-state index contributed by atoms with van der Waals surface area (Å²) in [6, 6.07) is 0. The number of nitrogens with one attached hydrogen (secondary N) is 1. The lowest BCUT2D eigenvalue weighted by Gasteiger charge is -2.26. The summed E-state index contributed by atoms with van der Waals surface area (Å²) in [7, 11) is 1.87. The molecule has 0 saturated heterocycles. The first kappa shape index (κ1) is 14.8. The molecular formula is C13H25NO2S. The van der Waals surface area contributed by atoms with Crippen molar-refractivity contribution in [1.29, 1.82) is 0 Å². The van der Waals surface area contributed by atoms with Gasteiger partial charge in [-0.1, -0.05) is 13.3 Å². The molecule has 0 aromatic rings. The fourth-order valence-electron chi connectivity index (χ4n) is 2.32. The standard InChI is InChI=1S/C13H25NO2S/c1-4-6-9-17-11-7-8-13(10-11,14-3)12(15)16-5-2/h11,14H,4-10H2,1-3H3. The maximum absolute atomic E-state index is 12.0. The highest BCUT2D eigenvalue weighted by Crippen LogP contribution is 2.38. The molecule has 100 valence electrons. The predicted molar refractivity (Wildman–Crippen MR) is 73.4 cm³/mol. The predicted octanol–water partition coefficient (Wildman–Crippen LogP) is 2.59. The van der Waals surface area contributed by atoms with Gasteiger partial charge < -0.3 is 10.1 Å². The van der Waals surface area contributed by atoms with E-state index in [9.17, 15) is 4.79 Å². The van der Waals surface area contributed by atoms with Crippen LogP contribution in [0.3, 0.4) is 0 Å². The minimum atomic E-state index is -0.417. The van der Waals surface area contributed by atoms with Gasteiger partial charge in [-0.25, -0.2) is 0 Å². The van der Waals surface area contributed by atoms with E-state index in [1.54, 1.807) is 0 Å². The molecule has 1 saturated carbocycles. The van der Waals surface area contributed by atoms with E-state index in [-0.39, 0.29) is 5.97 Å². The molecule has 2 atom stereocenters. The molecular weight excluding hydrogens is 234 g/mol. The molecule has 1 N–H and O–H groups in total. The maximum Gasteiger partial charge on any atom is 0.326 e. The van der Waals surface area contributed by atoms with Gasteiger partial charge in [-0.2, -0.15) is 11.8 Å². The minimum Gasteiger partial charge on any atom is -0.465 e. The number of unbranched alkanes of at least 4 members (excludes halogenated alkanes) is 1. The second-order valence-corrected chi connectivity index (χ2v) is 6.05. The fourth-order valence-corrected chi connectivity index (χ4v) is 3.80. The zero-order valence-corrected chi connectivity index (χ0v) is 12.1. The Labute approximate surface area is 109 Å². The van der Waals surface area contributed by atoms with E-state index in [2.05, 4.69) is 12.2 Å². The van der Waals surface area contributed by atoms with Crippen molar-refractivity contribution in [3.05, 3.63) is 0 Å². The Morgan fingerprint density at radius 1 is 1.53 bits per heavy atom. The second kappa shape index (κ2) is 7.27. The molecule has 17 heavy (non-hydrogen) atoms. The number of hydrogen-bond donors (Lipinski definition) is 1. The van der Waals surface area contributed by atoms with Crippen molar-refractivity contribution >= 4 is 17.7 Å². The van der Waals surface area contributed by atoms with Gasteiger partial charge >= 0.3 is 5.97 Å². The summed E-state index contributed by atoms with van der Waals surface area (Å²) in [6.45, 7) is 4.55. The van der Waals surface area contributed by atoms with Crippen LogP contribution in [0.1, 0.15) is 46.0 Å². The van der Waals surface area contributed by atoms with Crippen LogP contribution in [0.4, 0.5) is 0 Å². The first-order chi connectivity index (χ1) is 8.18. The van der Waals surface area contributed by atoms with E-state index in [1.807, 2.05) is 25.7 Å². The van der Waals surface area contributed by atoms with Crippen molar-refractivity contribution < 1.29 is 9.53 Å². The SMILES string of the molecule is CCCCSC1CCC(NC)(C(=O)OCC)C1. The van der Waals surface area contributed by atoms with Gasteiger partial charge in [0, 0.05) is 5.25 Å². The third-order valence-electron chi connectivity index (χ3n) is 3.47. The van der Waals surface area contributed by atoms with E-state index in [1.165, 1.54) is 18.6 Å². The van der Waals surface area contributed by atoms with Crippen molar-refractivity contribution in [2.45, 2.75) is 56.7 Å². The monoisotopic (exact) mass is 259 g/mol. The summed E-state index contributed by atoms with van der Waals surface area (Å²) < 4.78 is 5.18. The number of esters is 1. The Bertz CT molecular complexity index is 248. The average molecular weight is 259 g/mol. The number of ether oxygens (including phenoxy) is 1. The second-order valence-electron chi connectivity index (χ2n) is 4.64. The number of carbonyl (C=O) groups excluding carboxylic acids is 1. The molecule has 3 nitrogen and oxygen atoms in total. The summed E-state index contributed by atoms with van der Waals surface area (Å²) in [6.07, 6.45) is 5.46. The molecule has 0 aromatic heterocycles. The van der Waals surface area contributed by atoms with Crippen molar-refractivity contribution in [2.75, 3.05) is 19.4 Å². The largest absolute Gasteiger partial charge is 0.465 e. The highest BCUT2D eigenvalue weighted by Gasteiger charge is 2.45. The molecule has 1 aliphatic carbocycles. The zero-order valence-electron chi connectivity index (χ0n) is 11.3. The van der Waals surface area contributed by atoms with Crippen LogP contribution < -0.4 is 5.32 Å². The van der Waals surface area contributed by atoms with Gasteiger partial charge in [0.2, 0.25) is 0 Å². The van der Waals surface area contributed by atoms with Crippen LogP contribution in [0.25, 0.3) is 0 Å². The lowest BCUT2D eigenvalue weighted by atomic mass is 9.98. The molecule has 0 aromatic carbocycles. The molecule has 0 spiro atoms. The van der Waals surface area contributed by atoms with Gasteiger partial charge in [0.15, 0.2) is 0 Å². The first-order valence-electron chi connectivity index (χ1n) is 6.66. The third kappa shape index (κ3) is 3.88. The number of rotatable bonds is 7. The van der Waals surface area contributed by atoms with Crippen molar-refractivity contribution in [3.8, 4) is 0 Å². The smallest absolute Gasteiger partial charge is 0.326 e. The fraction of sp³-hybridized carbons (Fsp3) is 0.923. The summed E-state index contributed by atoms with van der Waals surface area (Å²) >= 11 is 2.01. The lowest BCUT2D eigenvalue weighted by Crippen LogP contribution is -2.49. The molecule has 0 bridgehead atoms.